The van der Waals surface area contributed by atoms with Crippen molar-refractivity contribution >= 4 is 16.7 Å². The van der Waals surface area contributed by atoms with E-state index in [-0.39, 0.29) is 0 Å². The smallest absolute Gasteiger partial charge is 0.138 e. The largest absolute Gasteiger partial charge is 0.399 e. The minimum atomic E-state index is -0.555. The van der Waals surface area contributed by atoms with Gasteiger partial charge in [-0.1, -0.05) is 6.92 Å². The number of nitrogens with zero attached hydrogens (tertiary/aromatic N) is 2. The summed E-state index contributed by atoms with van der Waals surface area (Å²) in [6.45, 7) is 4.70. The van der Waals surface area contributed by atoms with Crippen LogP contribution in [-0.2, 0) is 6.54 Å². The van der Waals surface area contributed by atoms with Gasteiger partial charge >= 0.3 is 0 Å². The number of hydrogen-bond donors (Lipinski definition) is 2. The van der Waals surface area contributed by atoms with E-state index in [1.165, 1.54) is 0 Å². The summed E-state index contributed by atoms with van der Waals surface area (Å²) in [5.41, 5.74) is 8.31. The molecule has 4 nitrogen and oxygen atoms in total. The van der Waals surface area contributed by atoms with E-state index < -0.39 is 6.10 Å². The highest BCUT2D eigenvalue weighted by atomic mass is 16.3. The van der Waals surface area contributed by atoms with Crippen LogP contribution in [0.25, 0.3) is 11.0 Å². The van der Waals surface area contributed by atoms with Crippen LogP contribution in [0, 0.1) is 0 Å². The maximum Gasteiger partial charge on any atom is 0.138 e. The molecule has 0 aliphatic carbocycles. The second-order valence-electron chi connectivity index (χ2n) is 4.05. The van der Waals surface area contributed by atoms with E-state index in [1.807, 2.05) is 18.2 Å². The highest BCUT2D eigenvalue weighted by Gasteiger charge is 2.13. The third kappa shape index (κ3) is 1.76. The fourth-order valence-electron chi connectivity index (χ4n) is 1.94. The third-order valence-corrected chi connectivity index (χ3v) is 2.62. The summed E-state index contributed by atoms with van der Waals surface area (Å²) in [6.07, 6.45) is 0.454. The van der Waals surface area contributed by atoms with Gasteiger partial charge in [-0.05, 0) is 31.5 Å². The van der Waals surface area contributed by atoms with Crippen LogP contribution in [0.15, 0.2) is 18.2 Å². The molecular formula is C12H17N3O. The van der Waals surface area contributed by atoms with Gasteiger partial charge in [-0.25, -0.2) is 4.98 Å². The van der Waals surface area contributed by atoms with Crippen molar-refractivity contribution in [1.29, 1.82) is 0 Å². The van der Waals surface area contributed by atoms with Crippen LogP contribution in [0.1, 0.15) is 32.2 Å². The summed E-state index contributed by atoms with van der Waals surface area (Å²) >= 11 is 0. The molecule has 1 atom stereocenters. The Morgan fingerprint density at radius 1 is 1.50 bits per heavy atom. The number of nitrogen functional groups attached to an aromatic ring is 1. The van der Waals surface area contributed by atoms with E-state index in [4.69, 9.17) is 5.73 Å². The second kappa shape index (κ2) is 4.14. The highest BCUT2D eigenvalue weighted by Crippen LogP contribution is 2.22. The molecule has 4 heteroatoms. The molecule has 2 aromatic rings. The Labute approximate surface area is 94.7 Å². The van der Waals surface area contributed by atoms with Crippen LogP contribution >= 0.6 is 0 Å². The molecule has 1 aromatic carbocycles. The van der Waals surface area contributed by atoms with Crippen molar-refractivity contribution in [2.45, 2.75) is 32.9 Å². The zero-order chi connectivity index (χ0) is 11.7. The van der Waals surface area contributed by atoms with Crippen LogP contribution in [0.2, 0.25) is 0 Å². The molecule has 0 fully saturated rings. The van der Waals surface area contributed by atoms with Crippen molar-refractivity contribution in [3.63, 3.8) is 0 Å². The van der Waals surface area contributed by atoms with Gasteiger partial charge in [0.25, 0.3) is 0 Å². The molecule has 0 bridgehead atoms. The van der Waals surface area contributed by atoms with Gasteiger partial charge in [0.15, 0.2) is 0 Å². The number of imidazole rings is 1. The molecule has 0 radical (unpaired) electrons. The summed E-state index contributed by atoms with van der Waals surface area (Å²) in [4.78, 5) is 4.42. The summed E-state index contributed by atoms with van der Waals surface area (Å²) in [7, 11) is 0. The predicted molar refractivity (Wildman–Crippen MR) is 65.1 cm³/mol. The molecule has 0 saturated carbocycles. The molecule has 1 aromatic heterocycles. The van der Waals surface area contributed by atoms with Crippen LogP contribution < -0.4 is 5.73 Å². The number of aromatic nitrogens is 2. The SMILES string of the molecule is CCCn1c([C@@H](C)O)nc2cc(N)ccc21. The maximum atomic E-state index is 9.69. The standard InChI is InChI=1S/C12H17N3O/c1-3-6-15-11-5-4-9(13)7-10(11)14-12(15)8(2)16/h4-5,7-8,16H,3,6,13H2,1-2H3/t8-/m1/s1. The first-order valence-corrected chi connectivity index (χ1v) is 5.57. The number of aliphatic hydroxyl groups is 1. The Balaban J connectivity index is 2.65. The first-order valence-electron chi connectivity index (χ1n) is 5.57. The Bertz CT molecular complexity index is 502. The Kier molecular flexibility index (Phi) is 2.83. The minimum absolute atomic E-state index is 0.555. The second-order valence-corrected chi connectivity index (χ2v) is 4.05. The summed E-state index contributed by atoms with van der Waals surface area (Å²) < 4.78 is 2.05. The number of aryl methyl sites for hydroxylation is 1. The van der Waals surface area contributed by atoms with Crippen molar-refractivity contribution in [2.75, 3.05) is 5.73 Å². The van der Waals surface area contributed by atoms with E-state index in [0.29, 0.717) is 11.5 Å². The number of fused-ring (bicyclic) bond motifs is 1. The summed E-state index contributed by atoms with van der Waals surface area (Å²) in [5.74, 6) is 0.711. The van der Waals surface area contributed by atoms with Crippen LogP contribution in [0.4, 0.5) is 5.69 Å². The van der Waals surface area contributed by atoms with Crippen molar-refractivity contribution in [1.82, 2.24) is 9.55 Å². The lowest BCUT2D eigenvalue weighted by molar-refractivity contribution is 0.184. The summed E-state index contributed by atoms with van der Waals surface area (Å²) in [6, 6.07) is 5.66. The molecule has 16 heavy (non-hydrogen) atoms. The van der Waals surface area contributed by atoms with Gasteiger partial charge < -0.3 is 15.4 Å². The van der Waals surface area contributed by atoms with E-state index >= 15 is 0 Å². The quantitative estimate of drug-likeness (QED) is 0.777. The third-order valence-electron chi connectivity index (χ3n) is 2.62. The van der Waals surface area contributed by atoms with Gasteiger partial charge in [-0.2, -0.15) is 0 Å². The number of anilines is 1. The van der Waals surface area contributed by atoms with Gasteiger partial charge in [0, 0.05) is 12.2 Å². The average molecular weight is 219 g/mol. The molecule has 0 aliphatic rings. The molecule has 2 rings (SSSR count). The van der Waals surface area contributed by atoms with Crippen molar-refractivity contribution in [3.8, 4) is 0 Å². The number of aliphatic hydroxyl groups excluding tert-OH is 1. The normalized spacial score (nSPS) is 13.2. The van der Waals surface area contributed by atoms with Gasteiger partial charge in [0.05, 0.1) is 11.0 Å². The van der Waals surface area contributed by atoms with Crippen molar-refractivity contribution in [3.05, 3.63) is 24.0 Å². The Morgan fingerprint density at radius 2 is 2.25 bits per heavy atom. The van der Waals surface area contributed by atoms with Crippen LogP contribution in [0.3, 0.4) is 0 Å². The number of rotatable bonds is 3. The fraction of sp³-hybridized carbons (Fsp3) is 0.417. The minimum Gasteiger partial charge on any atom is -0.399 e. The van der Waals surface area contributed by atoms with Gasteiger partial charge in [-0.3, -0.25) is 0 Å². The fourth-order valence-corrected chi connectivity index (χ4v) is 1.94. The number of benzene rings is 1. The van der Waals surface area contributed by atoms with E-state index in [1.54, 1.807) is 6.92 Å². The molecule has 1 heterocycles. The molecule has 0 unspecified atom stereocenters. The Morgan fingerprint density at radius 3 is 2.88 bits per heavy atom. The molecule has 0 aliphatic heterocycles. The molecular weight excluding hydrogens is 202 g/mol. The average Bonchev–Trinajstić information content (AvgIpc) is 2.57. The first-order chi connectivity index (χ1) is 7.63. The molecule has 3 N–H and O–H groups in total. The topological polar surface area (TPSA) is 64.1 Å². The lowest BCUT2D eigenvalue weighted by Gasteiger charge is -2.09. The number of nitrogens with two attached hydrogens (primary N) is 1. The van der Waals surface area contributed by atoms with Gasteiger partial charge in [0.2, 0.25) is 0 Å². The lowest BCUT2D eigenvalue weighted by Crippen LogP contribution is -2.06. The monoisotopic (exact) mass is 219 g/mol. The van der Waals surface area contributed by atoms with Crippen molar-refractivity contribution < 1.29 is 5.11 Å². The molecule has 0 saturated heterocycles. The molecule has 0 amide bonds. The van der Waals surface area contributed by atoms with Crippen molar-refractivity contribution in [2.24, 2.45) is 0 Å². The Hall–Kier alpha value is -1.55. The van der Waals surface area contributed by atoms with E-state index in [9.17, 15) is 5.11 Å². The highest BCUT2D eigenvalue weighted by molar-refractivity contribution is 5.79. The summed E-state index contributed by atoms with van der Waals surface area (Å²) in [5, 5.41) is 9.69. The lowest BCUT2D eigenvalue weighted by atomic mass is 10.3. The molecule has 86 valence electrons. The van der Waals surface area contributed by atoms with Crippen LogP contribution in [-0.4, -0.2) is 14.7 Å². The number of hydrogen-bond acceptors (Lipinski definition) is 3. The van der Waals surface area contributed by atoms with Gasteiger partial charge in [0.1, 0.15) is 11.9 Å². The predicted octanol–water partition coefficient (Wildman–Crippen LogP) is 2.08. The zero-order valence-electron chi connectivity index (χ0n) is 9.64. The van der Waals surface area contributed by atoms with Crippen LogP contribution in [0.5, 0.6) is 0 Å². The molecule has 0 spiro atoms. The first kappa shape index (κ1) is 11.0. The van der Waals surface area contributed by atoms with E-state index in [2.05, 4.69) is 16.5 Å². The van der Waals surface area contributed by atoms with E-state index in [0.717, 1.165) is 24.0 Å². The zero-order valence-corrected chi connectivity index (χ0v) is 9.64. The van der Waals surface area contributed by atoms with Gasteiger partial charge in [-0.15, -0.1) is 0 Å². The maximum absolute atomic E-state index is 9.69.